The van der Waals surface area contributed by atoms with E-state index in [1.807, 2.05) is 36.4 Å². The highest BCUT2D eigenvalue weighted by Crippen LogP contribution is 2.27. The average molecular weight is 312 g/mol. The third kappa shape index (κ3) is 2.81. The fourth-order valence-electron chi connectivity index (χ4n) is 2.33. The topological polar surface area (TPSA) is 39.2 Å². The van der Waals surface area contributed by atoms with Gasteiger partial charge in [0, 0.05) is 16.0 Å². The Morgan fingerprint density at radius 1 is 1.14 bits per heavy atom. The molecule has 110 valence electrons. The smallest absolute Gasteiger partial charge is 0.338 e. The van der Waals surface area contributed by atoms with Crippen molar-refractivity contribution in [1.82, 2.24) is 4.98 Å². The lowest BCUT2D eigenvalue weighted by Crippen LogP contribution is -2.06. The maximum Gasteiger partial charge on any atom is 0.338 e. The lowest BCUT2D eigenvalue weighted by atomic mass is 10.0. The van der Waals surface area contributed by atoms with Gasteiger partial charge in [-0.05, 0) is 31.2 Å². The molecule has 0 saturated heterocycles. The number of pyridine rings is 1. The summed E-state index contributed by atoms with van der Waals surface area (Å²) >= 11 is 6.05. The summed E-state index contributed by atoms with van der Waals surface area (Å²) in [4.78, 5) is 16.9. The van der Waals surface area contributed by atoms with Crippen molar-refractivity contribution in [2.24, 2.45) is 0 Å². The van der Waals surface area contributed by atoms with Gasteiger partial charge in [-0.1, -0.05) is 41.9 Å². The highest BCUT2D eigenvalue weighted by molar-refractivity contribution is 6.31. The Labute approximate surface area is 133 Å². The number of carbonyl (C=O) groups is 1. The minimum atomic E-state index is -0.366. The van der Waals surface area contributed by atoms with Crippen molar-refractivity contribution in [3.63, 3.8) is 0 Å². The number of rotatable bonds is 3. The molecular weight excluding hydrogens is 298 g/mol. The van der Waals surface area contributed by atoms with E-state index >= 15 is 0 Å². The van der Waals surface area contributed by atoms with Gasteiger partial charge in [0.1, 0.15) is 0 Å². The van der Waals surface area contributed by atoms with Crippen LogP contribution in [0.1, 0.15) is 17.3 Å². The van der Waals surface area contributed by atoms with Crippen molar-refractivity contribution in [2.75, 3.05) is 6.61 Å². The number of hydrogen-bond donors (Lipinski definition) is 0. The summed E-state index contributed by atoms with van der Waals surface area (Å²) in [6.45, 7) is 2.11. The number of hydrogen-bond acceptors (Lipinski definition) is 3. The van der Waals surface area contributed by atoms with Gasteiger partial charge in [0.25, 0.3) is 0 Å². The first-order chi connectivity index (χ1) is 10.7. The second kappa shape index (κ2) is 6.16. The van der Waals surface area contributed by atoms with Crippen LogP contribution in [0.5, 0.6) is 0 Å². The maximum atomic E-state index is 12.3. The normalized spacial score (nSPS) is 10.6. The number of carbonyl (C=O) groups excluding carboxylic acids is 1. The van der Waals surface area contributed by atoms with Crippen LogP contribution in [0.15, 0.2) is 54.6 Å². The first kappa shape index (κ1) is 14.5. The van der Waals surface area contributed by atoms with E-state index in [4.69, 9.17) is 16.3 Å². The summed E-state index contributed by atoms with van der Waals surface area (Å²) in [5.41, 5.74) is 2.88. The van der Waals surface area contributed by atoms with Gasteiger partial charge in [-0.25, -0.2) is 9.78 Å². The largest absolute Gasteiger partial charge is 0.462 e. The third-order valence-electron chi connectivity index (χ3n) is 3.34. The van der Waals surface area contributed by atoms with Crippen LogP contribution in [-0.2, 0) is 4.74 Å². The molecule has 4 heteroatoms. The van der Waals surface area contributed by atoms with Crippen molar-refractivity contribution < 1.29 is 9.53 Å². The zero-order valence-corrected chi connectivity index (χ0v) is 12.8. The van der Waals surface area contributed by atoms with Crippen LogP contribution in [0.3, 0.4) is 0 Å². The van der Waals surface area contributed by atoms with Gasteiger partial charge in [0.05, 0.1) is 23.4 Å². The third-order valence-corrected chi connectivity index (χ3v) is 3.57. The van der Waals surface area contributed by atoms with Gasteiger partial charge >= 0.3 is 5.97 Å². The SMILES string of the molecule is CCOC(=O)c1cc(-c2ccccc2)nc2ccc(Cl)cc12. The summed E-state index contributed by atoms with van der Waals surface area (Å²) in [5, 5.41) is 1.26. The van der Waals surface area contributed by atoms with Gasteiger partial charge in [-0.15, -0.1) is 0 Å². The Hall–Kier alpha value is -2.39. The van der Waals surface area contributed by atoms with E-state index in [1.165, 1.54) is 0 Å². The Morgan fingerprint density at radius 3 is 2.64 bits per heavy atom. The number of nitrogens with zero attached hydrogens (tertiary/aromatic N) is 1. The number of halogens is 1. The number of ether oxygens (including phenoxy) is 1. The summed E-state index contributed by atoms with van der Waals surface area (Å²) in [7, 11) is 0. The summed E-state index contributed by atoms with van der Waals surface area (Å²) in [6.07, 6.45) is 0. The Kier molecular flexibility index (Phi) is 4.07. The Bertz CT molecular complexity index is 831. The van der Waals surface area contributed by atoms with Gasteiger partial charge in [-0.2, -0.15) is 0 Å². The molecule has 0 radical (unpaired) electrons. The zero-order valence-electron chi connectivity index (χ0n) is 12.0. The molecule has 3 aromatic rings. The molecule has 2 aromatic carbocycles. The zero-order chi connectivity index (χ0) is 15.5. The molecule has 0 spiro atoms. The van der Waals surface area contributed by atoms with Crippen LogP contribution < -0.4 is 0 Å². The summed E-state index contributed by atoms with van der Waals surface area (Å²) in [5.74, 6) is -0.366. The maximum absolute atomic E-state index is 12.3. The van der Waals surface area contributed by atoms with E-state index in [1.54, 1.807) is 25.1 Å². The standard InChI is InChI=1S/C18H14ClNO2/c1-2-22-18(21)15-11-17(12-6-4-3-5-7-12)20-16-9-8-13(19)10-14(15)16/h3-11H,2H2,1H3. The highest BCUT2D eigenvalue weighted by Gasteiger charge is 2.15. The molecule has 0 amide bonds. The van der Waals surface area contributed by atoms with E-state index in [0.717, 1.165) is 11.3 Å². The fraction of sp³-hybridized carbons (Fsp3) is 0.111. The fourth-order valence-corrected chi connectivity index (χ4v) is 2.50. The molecule has 1 aromatic heterocycles. The first-order valence-electron chi connectivity index (χ1n) is 7.02. The molecule has 0 aliphatic rings. The van der Waals surface area contributed by atoms with E-state index in [2.05, 4.69) is 4.98 Å². The number of benzene rings is 2. The Balaban J connectivity index is 2.25. The average Bonchev–Trinajstić information content (AvgIpc) is 2.55. The van der Waals surface area contributed by atoms with Crippen molar-refractivity contribution in [3.05, 3.63) is 65.2 Å². The van der Waals surface area contributed by atoms with Crippen LogP contribution in [0.4, 0.5) is 0 Å². The van der Waals surface area contributed by atoms with Crippen molar-refractivity contribution in [2.45, 2.75) is 6.92 Å². The molecule has 0 saturated carbocycles. The van der Waals surface area contributed by atoms with Gasteiger partial charge in [0.2, 0.25) is 0 Å². The molecule has 22 heavy (non-hydrogen) atoms. The predicted octanol–water partition coefficient (Wildman–Crippen LogP) is 4.73. The quantitative estimate of drug-likeness (QED) is 0.656. The van der Waals surface area contributed by atoms with Gasteiger partial charge in [0.15, 0.2) is 0 Å². The lowest BCUT2D eigenvalue weighted by molar-refractivity contribution is 0.0528. The van der Waals surface area contributed by atoms with E-state index < -0.39 is 0 Å². The minimum Gasteiger partial charge on any atom is -0.462 e. The van der Waals surface area contributed by atoms with Crippen molar-refractivity contribution in [3.8, 4) is 11.3 Å². The molecule has 0 aliphatic carbocycles. The molecule has 3 rings (SSSR count). The van der Waals surface area contributed by atoms with Crippen LogP contribution in [-0.4, -0.2) is 17.6 Å². The molecule has 1 heterocycles. The van der Waals surface area contributed by atoms with Gasteiger partial charge in [-0.3, -0.25) is 0 Å². The molecule has 3 nitrogen and oxygen atoms in total. The number of esters is 1. The van der Waals surface area contributed by atoms with Crippen LogP contribution in [0.25, 0.3) is 22.2 Å². The number of aromatic nitrogens is 1. The lowest BCUT2D eigenvalue weighted by Gasteiger charge is -2.09. The van der Waals surface area contributed by atoms with Crippen LogP contribution in [0, 0.1) is 0 Å². The van der Waals surface area contributed by atoms with E-state index in [-0.39, 0.29) is 5.97 Å². The second-order valence-corrected chi connectivity index (χ2v) is 5.24. The molecule has 0 N–H and O–H groups in total. The number of fused-ring (bicyclic) bond motifs is 1. The second-order valence-electron chi connectivity index (χ2n) is 4.80. The summed E-state index contributed by atoms with van der Waals surface area (Å²) < 4.78 is 5.16. The highest BCUT2D eigenvalue weighted by atomic mass is 35.5. The summed E-state index contributed by atoms with van der Waals surface area (Å²) in [6, 6.07) is 16.8. The molecular formula is C18H14ClNO2. The molecule has 0 fully saturated rings. The van der Waals surface area contributed by atoms with Crippen molar-refractivity contribution in [1.29, 1.82) is 0 Å². The Morgan fingerprint density at radius 2 is 1.91 bits per heavy atom. The van der Waals surface area contributed by atoms with Crippen LogP contribution >= 0.6 is 11.6 Å². The van der Waals surface area contributed by atoms with E-state index in [0.29, 0.717) is 28.1 Å². The minimum absolute atomic E-state index is 0.323. The van der Waals surface area contributed by atoms with Gasteiger partial charge < -0.3 is 4.74 Å². The molecule has 0 aliphatic heterocycles. The first-order valence-corrected chi connectivity index (χ1v) is 7.39. The monoisotopic (exact) mass is 311 g/mol. The van der Waals surface area contributed by atoms with E-state index in [9.17, 15) is 4.79 Å². The van der Waals surface area contributed by atoms with Crippen LogP contribution in [0.2, 0.25) is 5.02 Å². The molecule has 0 atom stereocenters. The molecule has 0 bridgehead atoms. The van der Waals surface area contributed by atoms with Crippen molar-refractivity contribution >= 4 is 28.5 Å². The predicted molar refractivity (Wildman–Crippen MR) is 88.1 cm³/mol. The molecule has 0 unspecified atom stereocenters.